The standard InChI is InChI=1S/C14H18BrN3/c1-8(2)6-11-13(17-18-14(11)16)10-4-5-12(15)9(3)7-10/h4-5,7-8H,6H2,1-3H3,(H3,16,17,18). The first kappa shape index (κ1) is 13.1. The van der Waals surface area contributed by atoms with Crippen LogP contribution in [0.4, 0.5) is 5.82 Å². The monoisotopic (exact) mass is 307 g/mol. The largest absolute Gasteiger partial charge is 0.382 e. The Bertz CT molecular complexity index is 558. The van der Waals surface area contributed by atoms with Crippen molar-refractivity contribution in [2.45, 2.75) is 27.2 Å². The predicted molar refractivity (Wildman–Crippen MR) is 79.4 cm³/mol. The van der Waals surface area contributed by atoms with Crippen molar-refractivity contribution in [3.05, 3.63) is 33.8 Å². The molecule has 18 heavy (non-hydrogen) atoms. The summed E-state index contributed by atoms with van der Waals surface area (Å²) in [5, 5.41) is 7.19. The third-order valence-electron chi connectivity index (χ3n) is 2.96. The van der Waals surface area contributed by atoms with Gasteiger partial charge in [-0.25, -0.2) is 0 Å². The Kier molecular flexibility index (Phi) is 3.76. The van der Waals surface area contributed by atoms with Gasteiger partial charge in [0.2, 0.25) is 0 Å². The predicted octanol–water partition coefficient (Wildman–Crippen LogP) is 3.93. The maximum absolute atomic E-state index is 5.94. The number of H-pyrrole nitrogens is 1. The lowest BCUT2D eigenvalue weighted by Gasteiger charge is -2.08. The number of nitrogens with one attached hydrogen (secondary N) is 1. The lowest BCUT2D eigenvalue weighted by atomic mass is 9.98. The Morgan fingerprint density at radius 1 is 1.39 bits per heavy atom. The first-order valence-corrected chi connectivity index (χ1v) is 6.87. The molecule has 0 aliphatic carbocycles. The molecule has 2 aromatic rings. The molecule has 3 nitrogen and oxygen atoms in total. The van der Waals surface area contributed by atoms with E-state index in [-0.39, 0.29) is 0 Å². The van der Waals surface area contributed by atoms with E-state index in [2.05, 4.69) is 65.1 Å². The summed E-state index contributed by atoms with van der Waals surface area (Å²) < 4.78 is 1.11. The molecule has 0 saturated heterocycles. The van der Waals surface area contributed by atoms with E-state index in [0.717, 1.165) is 27.7 Å². The van der Waals surface area contributed by atoms with E-state index >= 15 is 0 Å². The summed E-state index contributed by atoms with van der Waals surface area (Å²) >= 11 is 3.52. The van der Waals surface area contributed by atoms with Gasteiger partial charge in [-0.1, -0.05) is 35.8 Å². The minimum Gasteiger partial charge on any atom is -0.382 e. The van der Waals surface area contributed by atoms with Gasteiger partial charge in [0.25, 0.3) is 0 Å². The highest BCUT2D eigenvalue weighted by molar-refractivity contribution is 9.10. The summed E-state index contributed by atoms with van der Waals surface area (Å²) in [6.07, 6.45) is 0.937. The molecular formula is C14H18BrN3. The molecule has 0 unspecified atom stereocenters. The van der Waals surface area contributed by atoms with E-state index in [1.165, 1.54) is 5.56 Å². The molecule has 0 atom stereocenters. The lowest BCUT2D eigenvalue weighted by Crippen LogP contribution is -1.99. The Balaban J connectivity index is 2.47. The van der Waals surface area contributed by atoms with Gasteiger partial charge in [-0.05, 0) is 37.0 Å². The van der Waals surface area contributed by atoms with Gasteiger partial charge in [0.15, 0.2) is 0 Å². The van der Waals surface area contributed by atoms with Crippen molar-refractivity contribution in [2.24, 2.45) is 5.92 Å². The van der Waals surface area contributed by atoms with Crippen molar-refractivity contribution in [3.8, 4) is 11.3 Å². The smallest absolute Gasteiger partial charge is 0.149 e. The van der Waals surface area contributed by atoms with Crippen LogP contribution >= 0.6 is 15.9 Å². The van der Waals surface area contributed by atoms with E-state index in [0.29, 0.717) is 11.7 Å². The van der Waals surface area contributed by atoms with Crippen LogP contribution in [-0.2, 0) is 6.42 Å². The first-order chi connectivity index (χ1) is 8.49. The second kappa shape index (κ2) is 5.14. The van der Waals surface area contributed by atoms with E-state index in [1.54, 1.807) is 0 Å². The number of nitrogens with zero attached hydrogens (tertiary/aromatic N) is 1. The van der Waals surface area contributed by atoms with Crippen LogP contribution in [-0.4, -0.2) is 10.2 Å². The zero-order chi connectivity index (χ0) is 13.3. The number of benzene rings is 1. The van der Waals surface area contributed by atoms with E-state index in [1.807, 2.05) is 0 Å². The normalized spacial score (nSPS) is 11.2. The SMILES string of the molecule is Cc1cc(-c2[nH]nc(N)c2CC(C)C)ccc1Br. The number of hydrogen-bond donors (Lipinski definition) is 2. The molecule has 0 spiro atoms. The van der Waals surface area contributed by atoms with Crippen LogP contribution in [0, 0.1) is 12.8 Å². The van der Waals surface area contributed by atoms with Crippen molar-refractivity contribution in [3.63, 3.8) is 0 Å². The summed E-state index contributed by atoms with van der Waals surface area (Å²) in [6.45, 7) is 6.45. The third-order valence-corrected chi connectivity index (χ3v) is 3.85. The number of aromatic nitrogens is 2. The van der Waals surface area contributed by atoms with Gasteiger partial charge < -0.3 is 5.73 Å². The molecule has 1 aromatic carbocycles. The fraction of sp³-hybridized carbons (Fsp3) is 0.357. The molecule has 96 valence electrons. The number of aryl methyl sites for hydroxylation is 1. The summed E-state index contributed by atoms with van der Waals surface area (Å²) in [7, 11) is 0. The average Bonchev–Trinajstić information content (AvgIpc) is 2.64. The number of halogens is 1. The number of aromatic amines is 1. The minimum atomic E-state index is 0.556. The Morgan fingerprint density at radius 3 is 2.72 bits per heavy atom. The molecule has 1 heterocycles. The van der Waals surface area contributed by atoms with Crippen molar-refractivity contribution < 1.29 is 0 Å². The summed E-state index contributed by atoms with van der Waals surface area (Å²) in [5.74, 6) is 1.17. The average molecular weight is 308 g/mol. The summed E-state index contributed by atoms with van der Waals surface area (Å²) in [5.41, 5.74) is 10.4. The second-order valence-electron chi connectivity index (χ2n) is 5.02. The van der Waals surface area contributed by atoms with Crippen LogP contribution in [0.5, 0.6) is 0 Å². The van der Waals surface area contributed by atoms with E-state index in [4.69, 9.17) is 5.73 Å². The third kappa shape index (κ3) is 2.58. The van der Waals surface area contributed by atoms with Crippen LogP contribution in [0.15, 0.2) is 22.7 Å². The molecule has 3 N–H and O–H groups in total. The number of nitrogens with two attached hydrogens (primary N) is 1. The maximum atomic E-state index is 5.94. The molecule has 1 aromatic heterocycles. The molecule has 0 amide bonds. The number of rotatable bonds is 3. The molecule has 0 fully saturated rings. The van der Waals surface area contributed by atoms with Crippen LogP contribution in [0.3, 0.4) is 0 Å². The number of hydrogen-bond acceptors (Lipinski definition) is 2. The highest BCUT2D eigenvalue weighted by Crippen LogP contribution is 2.30. The van der Waals surface area contributed by atoms with Crippen LogP contribution in [0.2, 0.25) is 0 Å². The van der Waals surface area contributed by atoms with Crippen molar-refractivity contribution in [2.75, 3.05) is 5.73 Å². The molecule has 0 aliphatic rings. The summed E-state index contributed by atoms with van der Waals surface area (Å²) in [4.78, 5) is 0. The molecule has 0 bridgehead atoms. The number of anilines is 1. The van der Waals surface area contributed by atoms with Gasteiger partial charge in [0.1, 0.15) is 5.82 Å². The van der Waals surface area contributed by atoms with Gasteiger partial charge >= 0.3 is 0 Å². The quantitative estimate of drug-likeness (QED) is 0.902. The van der Waals surface area contributed by atoms with Gasteiger partial charge in [0.05, 0.1) is 5.69 Å². The molecule has 0 aliphatic heterocycles. The van der Waals surface area contributed by atoms with Crippen LogP contribution in [0.25, 0.3) is 11.3 Å². The lowest BCUT2D eigenvalue weighted by molar-refractivity contribution is 0.649. The zero-order valence-corrected chi connectivity index (χ0v) is 12.5. The second-order valence-corrected chi connectivity index (χ2v) is 5.88. The van der Waals surface area contributed by atoms with Crippen LogP contribution in [0.1, 0.15) is 25.0 Å². The Hall–Kier alpha value is -1.29. The van der Waals surface area contributed by atoms with Crippen LogP contribution < -0.4 is 5.73 Å². The molecule has 0 radical (unpaired) electrons. The fourth-order valence-corrected chi connectivity index (χ4v) is 2.28. The van der Waals surface area contributed by atoms with Gasteiger partial charge in [-0.2, -0.15) is 5.10 Å². The molecule has 0 saturated carbocycles. The van der Waals surface area contributed by atoms with E-state index < -0.39 is 0 Å². The van der Waals surface area contributed by atoms with Crippen molar-refractivity contribution in [1.82, 2.24) is 10.2 Å². The first-order valence-electron chi connectivity index (χ1n) is 6.08. The van der Waals surface area contributed by atoms with Crippen molar-refractivity contribution in [1.29, 1.82) is 0 Å². The molecule has 2 rings (SSSR count). The summed E-state index contributed by atoms with van der Waals surface area (Å²) in [6, 6.07) is 6.27. The Labute approximate surface area is 116 Å². The highest BCUT2D eigenvalue weighted by atomic mass is 79.9. The Morgan fingerprint density at radius 2 is 2.11 bits per heavy atom. The maximum Gasteiger partial charge on any atom is 0.149 e. The number of nitrogen functional groups attached to an aromatic ring is 1. The minimum absolute atomic E-state index is 0.556. The fourth-order valence-electron chi connectivity index (χ4n) is 2.03. The molecule has 4 heteroatoms. The van der Waals surface area contributed by atoms with Gasteiger partial charge in [-0.3, -0.25) is 5.10 Å². The highest BCUT2D eigenvalue weighted by Gasteiger charge is 2.14. The topological polar surface area (TPSA) is 54.7 Å². The molecular weight excluding hydrogens is 290 g/mol. The zero-order valence-electron chi connectivity index (χ0n) is 10.9. The van der Waals surface area contributed by atoms with Gasteiger partial charge in [0, 0.05) is 15.6 Å². The van der Waals surface area contributed by atoms with Gasteiger partial charge in [-0.15, -0.1) is 0 Å². The van der Waals surface area contributed by atoms with E-state index in [9.17, 15) is 0 Å². The van der Waals surface area contributed by atoms with Crippen molar-refractivity contribution >= 4 is 21.7 Å².